The van der Waals surface area contributed by atoms with Gasteiger partial charge in [-0.05, 0) is 18.9 Å². The molecule has 1 aliphatic rings. The third kappa shape index (κ3) is 4.49. The Balaban J connectivity index is 2.00. The Morgan fingerprint density at radius 2 is 2.00 bits per heavy atom. The maximum atomic E-state index is 5.92. The van der Waals surface area contributed by atoms with Crippen molar-refractivity contribution in [1.29, 1.82) is 0 Å². The molecule has 0 aliphatic heterocycles. The van der Waals surface area contributed by atoms with E-state index >= 15 is 0 Å². The average molecular weight is 265 g/mol. The van der Waals surface area contributed by atoms with Crippen LogP contribution in [-0.2, 0) is 9.47 Å². The third-order valence-corrected chi connectivity index (χ3v) is 3.26. The number of hydrogen-bond donors (Lipinski definition) is 1. The number of para-hydroxylation sites is 1. The van der Waals surface area contributed by atoms with Crippen LogP contribution in [-0.4, -0.2) is 40.0 Å². The summed E-state index contributed by atoms with van der Waals surface area (Å²) >= 11 is 0. The zero-order chi connectivity index (χ0) is 13.5. The van der Waals surface area contributed by atoms with Gasteiger partial charge in [-0.1, -0.05) is 18.2 Å². The van der Waals surface area contributed by atoms with Crippen LogP contribution < -0.4 is 10.1 Å². The minimum absolute atomic E-state index is 0.00639. The van der Waals surface area contributed by atoms with Crippen LogP contribution in [0, 0.1) is 0 Å². The number of rotatable bonds is 9. The average Bonchev–Trinajstić information content (AvgIpc) is 3.27. The molecular weight excluding hydrogens is 242 g/mol. The topological polar surface area (TPSA) is 39.7 Å². The molecule has 1 saturated carbocycles. The Kier molecular flexibility index (Phi) is 5.63. The first-order chi connectivity index (χ1) is 9.35. The molecular formula is C15H23NO3. The molecule has 1 aromatic rings. The van der Waals surface area contributed by atoms with Crippen LogP contribution in [0.25, 0.3) is 0 Å². The van der Waals surface area contributed by atoms with Crippen molar-refractivity contribution in [3.63, 3.8) is 0 Å². The van der Waals surface area contributed by atoms with Gasteiger partial charge in [0.05, 0.1) is 26.4 Å². The second-order valence-electron chi connectivity index (χ2n) is 4.78. The highest BCUT2D eigenvalue weighted by atomic mass is 16.5. The summed E-state index contributed by atoms with van der Waals surface area (Å²) in [5.41, 5.74) is 1.09. The van der Waals surface area contributed by atoms with Gasteiger partial charge < -0.3 is 19.5 Å². The highest BCUT2D eigenvalue weighted by Crippen LogP contribution is 2.28. The molecule has 1 N–H and O–H groups in total. The summed E-state index contributed by atoms with van der Waals surface area (Å²) < 4.78 is 16.4. The van der Waals surface area contributed by atoms with Crippen molar-refractivity contribution in [3.05, 3.63) is 29.8 Å². The summed E-state index contributed by atoms with van der Waals surface area (Å²) in [6.45, 7) is 2.01. The molecule has 0 radical (unpaired) electrons. The molecule has 0 heterocycles. The summed E-state index contributed by atoms with van der Waals surface area (Å²) in [5, 5.41) is 3.51. The van der Waals surface area contributed by atoms with Crippen molar-refractivity contribution in [2.45, 2.75) is 25.0 Å². The van der Waals surface area contributed by atoms with Gasteiger partial charge in [-0.2, -0.15) is 0 Å². The van der Waals surface area contributed by atoms with E-state index in [1.54, 1.807) is 14.2 Å². The second kappa shape index (κ2) is 7.48. The van der Waals surface area contributed by atoms with E-state index in [-0.39, 0.29) is 6.10 Å². The lowest BCUT2D eigenvalue weighted by Crippen LogP contribution is -2.26. The lowest BCUT2D eigenvalue weighted by molar-refractivity contribution is 0.0154. The molecule has 106 valence electrons. The minimum atomic E-state index is 0.00639. The van der Waals surface area contributed by atoms with E-state index < -0.39 is 0 Å². The van der Waals surface area contributed by atoms with Gasteiger partial charge in [-0.25, -0.2) is 0 Å². The Morgan fingerprint density at radius 3 is 2.68 bits per heavy atom. The van der Waals surface area contributed by atoms with E-state index in [2.05, 4.69) is 11.4 Å². The summed E-state index contributed by atoms with van der Waals surface area (Å²) in [5.74, 6) is 0.877. The van der Waals surface area contributed by atoms with Gasteiger partial charge in [0.25, 0.3) is 0 Å². The maximum Gasteiger partial charge on any atom is 0.124 e. The summed E-state index contributed by atoms with van der Waals surface area (Å²) in [6, 6.07) is 8.69. The molecule has 1 unspecified atom stereocenters. The van der Waals surface area contributed by atoms with Crippen molar-refractivity contribution in [2.24, 2.45) is 0 Å². The predicted octanol–water partition coefficient (Wildman–Crippen LogP) is 2.15. The van der Waals surface area contributed by atoms with Crippen molar-refractivity contribution in [1.82, 2.24) is 5.32 Å². The van der Waals surface area contributed by atoms with Crippen molar-refractivity contribution in [2.75, 3.05) is 34.0 Å². The quantitative estimate of drug-likeness (QED) is 0.695. The molecule has 19 heavy (non-hydrogen) atoms. The van der Waals surface area contributed by atoms with E-state index in [1.165, 1.54) is 12.8 Å². The minimum Gasteiger partial charge on any atom is -0.496 e. The summed E-state index contributed by atoms with van der Waals surface area (Å²) in [7, 11) is 3.38. The third-order valence-electron chi connectivity index (χ3n) is 3.26. The van der Waals surface area contributed by atoms with E-state index in [0.29, 0.717) is 19.3 Å². The molecule has 4 heteroatoms. The van der Waals surface area contributed by atoms with Gasteiger partial charge in [0.15, 0.2) is 0 Å². The molecule has 0 aromatic heterocycles. The zero-order valence-corrected chi connectivity index (χ0v) is 11.7. The van der Waals surface area contributed by atoms with Gasteiger partial charge in [-0.3, -0.25) is 0 Å². The molecule has 1 aliphatic carbocycles. The van der Waals surface area contributed by atoms with E-state index in [4.69, 9.17) is 14.2 Å². The van der Waals surface area contributed by atoms with Crippen LogP contribution in [0.4, 0.5) is 0 Å². The van der Waals surface area contributed by atoms with Gasteiger partial charge in [0, 0.05) is 25.3 Å². The van der Waals surface area contributed by atoms with Crippen LogP contribution in [0.3, 0.4) is 0 Å². The molecule has 1 fully saturated rings. The van der Waals surface area contributed by atoms with Crippen LogP contribution in [0.15, 0.2) is 24.3 Å². The largest absolute Gasteiger partial charge is 0.496 e. The number of hydrogen-bond acceptors (Lipinski definition) is 4. The zero-order valence-electron chi connectivity index (χ0n) is 11.7. The fraction of sp³-hybridized carbons (Fsp3) is 0.600. The molecule has 2 rings (SSSR count). The van der Waals surface area contributed by atoms with Crippen LogP contribution in [0.1, 0.15) is 24.5 Å². The fourth-order valence-electron chi connectivity index (χ4n) is 2.03. The van der Waals surface area contributed by atoms with Gasteiger partial charge in [0.1, 0.15) is 5.75 Å². The van der Waals surface area contributed by atoms with E-state index in [0.717, 1.165) is 17.9 Å². The van der Waals surface area contributed by atoms with Gasteiger partial charge >= 0.3 is 0 Å². The summed E-state index contributed by atoms with van der Waals surface area (Å²) in [4.78, 5) is 0. The molecule has 0 spiro atoms. The standard InChI is InChI=1S/C15H23NO3/c1-17-9-10-19-15(11-16-12-7-8-12)13-5-3-4-6-14(13)18-2/h3-6,12,15-16H,7-11H2,1-2H3. The fourth-order valence-corrected chi connectivity index (χ4v) is 2.03. The van der Waals surface area contributed by atoms with Crippen molar-refractivity contribution in [3.8, 4) is 5.75 Å². The Hall–Kier alpha value is -1.10. The molecule has 0 bridgehead atoms. The smallest absolute Gasteiger partial charge is 0.124 e. The molecule has 4 nitrogen and oxygen atoms in total. The Morgan fingerprint density at radius 1 is 1.21 bits per heavy atom. The molecule has 0 saturated heterocycles. The van der Waals surface area contributed by atoms with Crippen LogP contribution >= 0.6 is 0 Å². The summed E-state index contributed by atoms with van der Waals surface area (Å²) in [6.07, 6.45) is 2.56. The first-order valence-corrected chi connectivity index (χ1v) is 6.82. The van der Waals surface area contributed by atoms with Gasteiger partial charge in [0.2, 0.25) is 0 Å². The van der Waals surface area contributed by atoms with Crippen molar-refractivity contribution < 1.29 is 14.2 Å². The molecule has 0 amide bonds. The second-order valence-corrected chi connectivity index (χ2v) is 4.78. The predicted molar refractivity (Wildman–Crippen MR) is 74.6 cm³/mol. The van der Waals surface area contributed by atoms with Crippen LogP contribution in [0.5, 0.6) is 5.75 Å². The lowest BCUT2D eigenvalue weighted by atomic mass is 10.1. The van der Waals surface area contributed by atoms with Gasteiger partial charge in [-0.15, -0.1) is 0 Å². The molecule has 1 atom stereocenters. The first kappa shape index (κ1) is 14.3. The Labute approximate surface area is 115 Å². The molecule has 1 aromatic carbocycles. The van der Waals surface area contributed by atoms with Crippen molar-refractivity contribution >= 4 is 0 Å². The first-order valence-electron chi connectivity index (χ1n) is 6.82. The van der Waals surface area contributed by atoms with E-state index in [1.807, 2.05) is 18.2 Å². The number of nitrogens with one attached hydrogen (secondary N) is 1. The normalized spacial score (nSPS) is 16.3. The monoisotopic (exact) mass is 265 g/mol. The van der Waals surface area contributed by atoms with Crippen LogP contribution in [0.2, 0.25) is 0 Å². The maximum absolute atomic E-state index is 5.92. The highest BCUT2D eigenvalue weighted by molar-refractivity contribution is 5.35. The van der Waals surface area contributed by atoms with E-state index in [9.17, 15) is 0 Å². The number of methoxy groups -OCH3 is 2. The highest BCUT2D eigenvalue weighted by Gasteiger charge is 2.24. The Bertz CT molecular complexity index is 379. The number of ether oxygens (including phenoxy) is 3. The lowest BCUT2D eigenvalue weighted by Gasteiger charge is -2.21. The SMILES string of the molecule is COCCOC(CNC1CC1)c1ccccc1OC. The number of benzene rings is 1.